The Labute approximate surface area is 129 Å². The number of aryl methyl sites for hydroxylation is 1. The van der Waals surface area contributed by atoms with Crippen LogP contribution in [-0.4, -0.2) is 21.5 Å². The number of fused-ring (bicyclic) bond motifs is 1. The maximum atomic E-state index is 12.0. The fourth-order valence-electron chi connectivity index (χ4n) is 2.31. The highest BCUT2D eigenvalue weighted by Gasteiger charge is 2.34. The molecule has 1 atom stereocenters. The predicted molar refractivity (Wildman–Crippen MR) is 81.9 cm³/mol. The third-order valence-electron chi connectivity index (χ3n) is 3.63. The van der Waals surface area contributed by atoms with Gasteiger partial charge in [-0.05, 0) is 18.2 Å². The van der Waals surface area contributed by atoms with Crippen LogP contribution in [0.5, 0.6) is 11.5 Å². The Hall–Kier alpha value is -2.50. The van der Waals surface area contributed by atoms with Crippen LogP contribution in [0.15, 0.2) is 30.5 Å². The molecule has 0 fully saturated rings. The van der Waals surface area contributed by atoms with Crippen molar-refractivity contribution in [3.05, 3.63) is 36.2 Å². The first-order valence-electron chi connectivity index (χ1n) is 7.28. The smallest absolute Gasteiger partial charge is 0.248 e. The number of rotatable bonds is 4. The molecule has 1 aromatic heterocycles. The summed E-state index contributed by atoms with van der Waals surface area (Å²) < 4.78 is 13.2. The number of ether oxygens (including phenoxy) is 2. The summed E-state index contributed by atoms with van der Waals surface area (Å²) >= 11 is 0. The molecular weight excluding hydrogens is 282 g/mol. The van der Waals surface area contributed by atoms with Crippen molar-refractivity contribution < 1.29 is 14.3 Å². The Morgan fingerprint density at radius 1 is 1.32 bits per heavy atom. The van der Waals surface area contributed by atoms with Crippen LogP contribution in [0, 0.1) is 0 Å². The summed E-state index contributed by atoms with van der Waals surface area (Å²) in [5.74, 6) is 0.613. The monoisotopic (exact) mass is 301 g/mol. The molecule has 1 aliphatic rings. The van der Waals surface area contributed by atoms with E-state index in [1.165, 1.54) is 0 Å². The molecule has 2 aromatic rings. The molecule has 0 saturated carbocycles. The number of benzene rings is 1. The van der Waals surface area contributed by atoms with Gasteiger partial charge in [-0.15, -0.1) is 0 Å². The first-order valence-corrected chi connectivity index (χ1v) is 7.28. The quantitative estimate of drug-likeness (QED) is 0.942. The van der Waals surface area contributed by atoms with Crippen LogP contribution in [0.1, 0.15) is 26.0 Å². The lowest BCUT2D eigenvalue weighted by Crippen LogP contribution is -2.33. The van der Waals surface area contributed by atoms with Gasteiger partial charge in [0.2, 0.25) is 11.7 Å². The molecule has 1 amide bonds. The van der Waals surface area contributed by atoms with Gasteiger partial charge in [0.1, 0.15) is 0 Å². The van der Waals surface area contributed by atoms with E-state index in [1.54, 1.807) is 16.8 Å². The molecule has 0 radical (unpaired) electrons. The van der Waals surface area contributed by atoms with E-state index >= 15 is 0 Å². The van der Waals surface area contributed by atoms with E-state index in [-0.39, 0.29) is 12.3 Å². The van der Waals surface area contributed by atoms with Gasteiger partial charge in [0, 0.05) is 38.3 Å². The maximum Gasteiger partial charge on any atom is 0.248 e. The van der Waals surface area contributed by atoms with Crippen LogP contribution in [-0.2, 0) is 18.3 Å². The van der Waals surface area contributed by atoms with Gasteiger partial charge in [0.25, 0.3) is 0 Å². The van der Waals surface area contributed by atoms with Crippen LogP contribution in [0.25, 0.3) is 0 Å². The van der Waals surface area contributed by atoms with Gasteiger partial charge in [0.15, 0.2) is 11.5 Å². The normalized spacial score (nSPS) is 19.2. The number of nitrogens with zero attached hydrogens (tertiary/aromatic N) is 2. The molecule has 1 N–H and O–H groups in total. The average molecular weight is 301 g/mol. The van der Waals surface area contributed by atoms with Crippen molar-refractivity contribution in [3.63, 3.8) is 0 Å². The standard InChI is InChI=1S/C16H19N3O3/c1-4-16(2)21-13-6-5-11(9-14(13)22-16)17-15(20)10-12-7-8-19(3)18-12/h5-9H,4,10H2,1-3H3,(H,17,20). The molecule has 0 saturated heterocycles. The lowest BCUT2D eigenvalue weighted by atomic mass is 10.2. The van der Waals surface area contributed by atoms with Crippen molar-refractivity contribution in [1.82, 2.24) is 9.78 Å². The number of carbonyl (C=O) groups is 1. The van der Waals surface area contributed by atoms with Gasteiger partial charge in [-0.25, -0.2) is 0 Å². The molecular formula is C16H19N3O3. The number of hydrogen-bond acceptors (Lipinski definition) is 4. The third-order valence-corrected chi connectivity index (χ3v) is 3.63. The fraction of sp³-hybridized carbons (Fsp3) is 0.375. The van der Waals surface area contributed by atoms with Crippen molar-refractivity contribution in [2.45, 2.75) is 32.5 Å². The zero-order valence-corrected chi connectivity index (χ0v) is 12.9. The van der Waals surface area contributed by atoms with Crippen LogP contribution < -0.4 is 14.8 Å². The number of hydrogen-bond donors (Lipinski definition) is 1. The van der Waals surface area contributed by atoms with Crippen LogP contribution in [0.4, 0.5) is 5.69 Å². The highest BCUT2D eigenvalue weighted by Crippen LogP contribution is 2.41. The molecule has 0 aliphatic carbocycles. The Balaban J connectivity index is 1.67. The van der Waals surface area contributed by atoms with Gasteiger partial charge in [-0.2, -0.15) is 5.10 Å². The third kappa shape index (κ3) is 2.90. The van der Waals surface area contributed by atoms with E-state index in [2.05, 4.69) is 10.4 Å². The maximum absolute atomic E-state index is 12.0. The summed E-state index contributed by atoms with van der Waals surface area (Å²) in [4.78, 5) is 12.0. The second-order valence-electron chi connectivity index (χ2n) is 5.56. The molecule has 1 aliphatic heterocycles. The van der Waals surface area contributed by atoms with Crippen LogP contribution in [0.3, 0.4) is 0 Å². The van der Waals surface area contributed by atoms with Gasteiger partial charge in [-0.3, -0.25) is 9.48 Å². The van der Waals surface area contributed by atoms with Gasteiger partial charge in [-0.1, -0.05) is 6.92 Å². The number of aromatic nitrogens is 2. The lowest BCUT2D eigenvalue weighted by molar-refractivity contribution is -0.115. The Morgan fingerprint density at radius 2 is 2.09 bits per heavy atom. The van der Waals surface area contributed by atoms with Gasteiger partial charge in [0.05, 0.1) is 12.1 Å². The van der Waals surface area contributed by atoms with Crippen molar-refractivity contribution in [1.29, 1.82) is 0 Å². The zero-order chi connectivity index (χ0) is 15.7. The topological polar surface area (TPSA) is 65.4 Å². The summed E-state index contributed by atoms with van der Waals surface area (Å²) in [6.45, 7) is 3.90. The zero-order valence-electron chi connectivity index (χ0n) is 12.9. The largest absolute Gasteiger partial charge is 0.449 e. The molecule has 22 heavy (non-hydrogen) atoms. The van der Waals surface area contributed by atoms with E-state index in [4.69, 9.17) is 9.47 Å². The summed E-state index contributed by atoms with van der Waals surface area (Å²) in [6, 6.07) is 7.23. The second kappa shape index (κ2) is 5.36. The summed E-state index contributed by atoms with van der Waals surface area (Å²) in [6.07, 6.45) is 2.79. The summed E-state index contributed by atoms with van der Waals surface area (Å²) in [7, 11) is 1.82. The van der Waals surface area contributed by atoms with Crippen molar-refractivity contribution >= 4 is 11.6 Å². The van der Waals surface area contributed by atoms with Gasteiger partial charge < -0.3 is 14.8 Å². The highest BCUT2D eigenvalue weighted by molar-refractivity contribution is 5.92. The van der Waals surface area contributed by atoms with Crippen molar-refractivity contribution in [2.24, 2.45) is 7.05 Å². The van der Waals surface area contributed by atoms with E-state index in [0.717, 1.165) is 12.1 Å². The fourth-order valence-corrected chi connectivity index (χ4v) is 2.31. The van der Waals surface area contributed by atoms with E-state index in [9.17, 15) is 4.79 Å². The molecule has 3 rings (SSSR count). The SMILES string of the molecule is CCC1(C)Oc2ccc(NC(=O)Cc3ccn(C)n3)cc2O1. The average Bonchev–Trinajstić information content (AvgIpc) is 3.01. The molecule has 0 bridgehead atoms. The molecule has 2 heterocycles. The first-order chi connectivity index (χ1) is 10.5. The first kappa shape index (κ1) is 14.4. The summed E-state index contributed by atoms with van der Waals surface area (Å²) in [5, 5.41) is 7.04. The number of anilines is 1. The summed E-state index contributed by atoms with van der Waals surface area (Å²) in [5.41, 5.74) is 1.42. The molecule has 1 aromatic carbocycles. The lowest BCUT2D eigenvalue weighted by Gasteiger charge is -2.20. The number of carbonyl (C=O) groups excluding carboxylic acids is 1. The number of nitrogens with one attached hydrogen (secondary N) is 1. The van der Waals surface area contributed by atoms with Crippen LogP contribution >= 0.6 is 0 Å². The van der Waals surface area contributed by atoms with Gasteiger partial charge >= 0.3 is 0 Å². The molecule has 6 nitrogen and oxygen atoms in total. The Bertz CT molecular complexity index is 710. The van der Waals surface area contributed by atoms with Crippen molar-refractivity contribution in [2.75, 3.05) is 5.32 Å². The van der Waals surface area contributed by atoms with Crippen molar-refractivity contribution in [3.8, 4) is 11.5 Å². The van der Waals surface area contributed by atoms with E-state index in [1.807, 2.05) is 39.2 Å². The highest BCUT2D eigenvalue weighted by atomic mass is 16.7. The molecule has 1 unspecified atom stereocenters. The van der Waals surface area contributed by atoms with E-state index < -0.39 is 5.79 Å². The molecule has 116 valence electrons. The Kier molecular flexibility index (Phi) is 3.52. The minimum absolute atomic E-state index is 0.115. The predicted octanol–water partition coefficient (Wildman–Crippen LogP) is 2.50. The minimum atomic E-state index is -0.626. The number of amides is 1. The van der Waals surface area contributed by atoms with E-state index in [0.29, 0.717) is 17.2 Å². The molecule has 6 heteroatoms. The van der Waals surface area contributed by atoms with Crippen LogP contribution in [0.2, 0.25) is 0 Å². The molecule has 0 spiro atoms. The second-order valence-corrected chi connectivity index (χ2v) is 5.56. The minimum Gasteiger partial charge on any atom is -0.449 e. The Morgan fingerprint density at radius 3 is 2.77 bits per heavy atom.